The van der Waals surface area contributed by atoms with E-state index >= 15 is 0 Å². The second-order valence-corrected chi connectivity index (χ2v) is 3.83. The molecule has 1 aromatic carbocycles. The number of hydrogen-bond donors (Lipinski definition) is 1. The lowest BCUT2D eigenvalue weighted by Crippen LogP contribution is -2.16. The molecule has 17 heavy (non-hydrogen) atoms. The lowest BCUT2D eigenvalue weighted by atomic mass is 10.3. The molecule has 0 atom stereocenters. The van der Waals surface area contributed by atoms with Gasteiger partial charge in [0.25, 0.3) is 0 Å². The highest BCUT2D eigenvalue weighted by Gasteiger charge is 2.06. The van der Waals surface area contributed by atoms with Crippen LogP contribution in [0.3, 0.4) is 0 Å². The molecule has 86 valence electrons. The van der Waals surface area contributed by atoms with E-state index in [1.165, 1.54) is 35.6 Å². The number of rotatable bonds is 3. The van der Waals surface area contributed by atoms with E-state index in [0.29, 0.717) is 10.9 Å². The van der Waals surface area contributed by atoms with Crippen LogP contribution in [0.25, 0.3) is 0 Å². The zero-order valence-electron chi connectivity index (χ0n) is 8.49. The van der Waals surface area contributed by atoms with E-state index in [1.54, 1.807) is 11.6 Å². The number of benzene rings is 1. The summed E-state index contributed by atoms with van der Waals surface area (Å²) in [6.07, 6.45) is 0.942. The second-order valence-electron chi connectivity index (χ2n) is 2.94. The number of thiazole rings is 1. The maximum atomic E-state index is 11.4. The number of carbonyl (C=O) groups is 1. The molecule has 0 aliphatic rings. The SMILES string of the molecule is O=Nc1ccc(OC(=O)Nc2nccs2)cc1. The zero-order valence-corrected chi connectivity index (χ0v) is 9.31. The van der Waals surface area contributed by atoms with Gasteiger partial charge in [-0.3, -0.25) is 5.32 Å². The van der Waals surface area contributed by atoms with Crippen LogP contribution in [0.4, 0.5) is 15.6 Å². The van der Waals surface area contributed by atoms with Crippen LogP contribution in [0.15, 0.2) is 41.0 Å². The first-order chi connectivity index (χ1) is 8.28. The van der Waals surface area contributed by atoms with Gasteiger partial charge in [-0.05, 0) is 29.4 Å². The quantitative estimate of drug-likeness (QED) is 0.847. The van der Waals surface area contributed by atoms with Crippen LogP contribution in [-0.4, -0.2) is 11.1 Å². The van der Waals surface area contributed by atoms with Crippen molar-refractivity contribution in [3.8, 4) is 5.75 Å². The van der Waals surface area contributed by atoms with Gasteiger partial charge in [0.15, 0.2) is 5.13 Å². The first kappa shape index (κ1) is 11.2. The highest BCUT2D eigenvalue weighted by Crippen LogP contribution is 2.18. The normalized spacial score (nSPS) is 9.65. The first-order valence-electron chi connectivity index (χ1n) is 4.59. The summed E-state index contributed by atoms with van der Waals surface area (Å²) < 4.78 is 4.96. The molecule has 0 saturated heterocycles. The summed E-state index contributed by atoms with van der Waals surface area (Å²) in [6, 6.07) is 5.88. The Kier molecular flexibility index (Phi) is 3.41. The molecule has 0 fully saturated rings. The molecule has 0 aliphatic carbocycles. The number of anilines is 1. The van der Waals surface area contributed by atoms with Gasteiger partial charge < -0.3 is 4.74 Å². The molecular formula is C10H7N3O3S. The molecule has 0 saturated carbocycles. The van der Waals surface area contributed by atoms with Gasteiger partial charge in [-0.2, -0.15) is 0 Å². The van der Waals surface area contributed by atoms with Crippen LogP contribution in [0, 0.1) is 4.91 Å². The molecular weight excluding hydrogens is 242 g/mol. The standard InChI is InChI=1S/C10H7N3O3S/c14-10(12-9-11-5-6-17-9)16-8-3-1-7(13-15)2-4-8/h1-6H,(H,11,12,14). The molecule has 0 aliphatic heterocycles. The van der Waals surface area contributed by atoms with Gasteiger partial charge in [-0.25, -0.2) is 9.78 Å². The van der Waals surface area contributed by atoms with Crippen molar-refractivity contribution in [3.63, 3.8) is 0 Å². The highest BCUT2D eigenvalue weighted by atomic mass is 32.1. The van der Waals surface area contributed by atoms with Gasteiger partial charge >= 0.3 is 6.09 Å². The summed E-state index contributed by atoms with van der Waals surface area (Å²) in [6.45, 7) is 0. The average Bonchev–Trinajstić information content (AvgIpc) is 2.82. The van der Waals surface area contributed by atoms with E-state index < -0.39 is 6.09 Å². The molecule has 1 N–H and O–H groups in total. The number of hydrogen-bond acceptors (Lipinski definition) is 6. The lowest BCUT2D eigenvalue weighted by molar-refractivity contribution is 0.215. The van der Waals surface area contributed by atoms with Crippen molar-refractivity contribution in [2.75, 3.05) is 5.32 Å². The predicted octanol–water partition coefficient (Wildman–Crippen LogP) is 3.15. The Hall–Kier alpha value is -2.28. The largest absolute Gasteiger partial charge is 0.418 e. The molecule has 0 radical (unpaired) electrons. The number of nitrogens with zero attached hydrogens (tertiary/aromatic N) is 2. The van der Waals surface area contributed by atoms with Gasteiger partial charge in [0.1, 0.15) is 11.4 Å². The van der Waals surface area contributed by atoms with E-state index in [1.807, 2.05) is 0 Å². The fourth-order valence-electron chi connectivity index (χ4n) is 1.08. The number of aromatic nitrogens is 1. The Balaban J connectivity index is 1.95. The summed E-state index contributed by atoms with van der Waals surface area (Å²) in [7, 11) is 0. The molecule has 0 unspecified atom stereocenters. The number of ether oxygens (including phenoxy) is 1. The summed E-state index contributed by atoms with van der Waals surface area (Å²) in [5, 5.41) is 7.39. The van der Waals surface area contributed by atoms with Crippen LogP contribution in [0.2, 0.25) is 0 Å². The molecule has 6 nitrogen and oxygen atoms in total. The average molecular weight is 249 g/mol. The third-order valence-electron chi connectivity index (χ3n) is 1.79. The van der Waals surface area contributed by atoms with Gasteiger partial charge in [-0.15, -0.1) is 16.2 Å². The number of carbonyl (C=O) groups excluding carboxylic acids is 1. The topological polar surface area (TPSA) is 80.6 Å². The van der Waals surface area contributed by atoms with Gasteiger partial charge in [0.05, 0.1) is 0 Å². The number of amides is 1. The molecule has 1 amide bonds. The maximum Gasteiger partial charge on any atom is 0.418 e. The molecule has 2 rings (SSSR count). The van der Waals surface area contributed by atoms with Crippen LogP contribution in [-0.2, 0) is 0 Å². The Labute approximate surface area is 100 Å². The third-order valence-corrected chi connectivity index (χ3v) is 2.48. The van der Waals surface area contributed by atoms with Crippen LogP contribution < -0.4 is 10.1 Å². The lowest BCUT2D eigenvalue weighted by Gasteiger charge is -2.03. The van der Waals surface area contributed by atoms with Crippen LogP contribution in [0.5, 0.6) is 5.75 Å². The Morgan fingerprint density at radius 2 is 2.12 bits per heavy atom. The van der Waals surface area contributed by atoms with E-state index in [-0.39, 0.29) is 5.69 Å². The summed E-state index contributed by atoms with van der Waals surface area (Å²) in [4.78, 5) is 25.4. The van der Waals surface area contributed by atoms with Crippen molar-refractivity contribution in [3.05, 3.63) is 40.7 Å². The van der Waals surface area contributed by atoms with Crippen LogP contribution in [0.1, 0.15) is 0 Å². The van der Waals surface area contributed by atoms with E-state index in [4.69, 9.17) is 4.74 Å². The summed E-state index contributed by atoms with van der Waals surface area (Å²) in [5.41, 5.74) is 0.276. The monoisotopic (exact) mass is 249 g/mol. The van der Waals surface area contributed by atoms with Crippen molar-refractivity contribution in [1.29, 1.82) is 0 Å². The minimum Gasteiger partial charge on any atom is -0.410 e. The van der Waals surface area contributed by atoms with E-state index in [2.05, 4.69) is 15.5 Å². The third kappa shape index (κ3) is 3.08. The molecule has 1 aromatic heterocycles. The summed E-state index contributed by atoms with van der Waals surface area (Å²) >= 11 is 1.29. The minimum absolute atomic E-state index is 0.276. The second kappa shape index (κ2) is 5.17. The zero-order chi connectivity index (χ0) is 12.1. The Morgan fingerprint density at radius 1 is 1.35 bits per heavy atom. The van der Waals surface area contributed by atoms with E-state index in [9.17, 15) is 9.70 Å². The van der Waals surface area contributed by atoms with Gasteiger partial charge in [-0.1, -0.05) is 0 Å². The number of nitrogens with one attached hydrogen (secondary N) is 1. The molecule has 0 spiro atoms. The molecule has 7 heteroatoms. The van der Waals surface area contributed by atoms with Crippen molar-refractivity contribution < 1.29 is 9.53 Å². The molecule has 1 heterocycles. The number of nitroso groups, excluding NO2 is 1. The van der Waals surface area contributed by atoms with Crippen molar-refractivity contribution in [2.45, 2.75) is 0 Å². The van der Waals surface area contributed by atoms with Crippen molar-refractivity contribution in [2.24, 2.45) is 5.18 Å². The molecule has 0 bridgehead atoms. The first-order valence-corrected chi connectivity index (χ1v) is 5.47. The van der Waals surface area contributed by atoms with Crippen LogP contribution >= 0.6 is 11.3 Å². The molecule has 2 aromatic rings. The summed E-state index contributed by atoms with van der Waals surface area (Å²) in [5.74, 6) is 0.325. The Bertz CT molecular complexity index is 510. The Morgan fingerprint density at radius 3 is 2.71 bits per heavy atom. The fourth-order valence-corrected chi connectivity index (χ4v) is 1.59. The fraction of sp³-hybridized carbons (Fsp3) is 0. The minimum atomic E-state index is -0.633. The van der Waals surface area contributed by atoms with E-state index in [0.717, 1.165) is 0 Å². The van der Waals surface area contributed by atoms with Gasteiger partial charge in [0, 0.05) is 11.6 Å². The van der Waals surface area contributed by atoms with Gasteiger partial charge in [0.2, 0.25) is 0 Å². The smallest absolute Gasteiger partial charge is 0.410 e. The highest BCUT2D eigenvalue weighted by molar-refractivity contribution is 7.13. The van der Waals surface area contributed by atoms with Crippen molar-refractivity contribution >= 4 is 28.2 Å². The maximum absolute atomic E-state index is 11.4. The van der Waals surface area contributed by atoms with Crippen molar-refractivity contribution in [1.82, 2.24) is 4.98 Å². The predicted molar refractivity (Wildman–Crippen MR) is 63.7 cm³/mol.